The molecule has 0 saturated carbocycles. The van der Waals surface area contributed by atoms with Crippen LogP contribution in [0, 0.1) is 6.92 Å². The predicted molar refractivity (Wildman–Crippen MR) is 91.5 cm³/mol. The highest BCUT2D eigenvalue weighted by Crippen LogP contribution is 2.16. The summed E-state index contributed by atoms with van der Waals surface area (Å²) in [4.78, 5) is 13.6. The molecule has 23 heavy (non-hydrogen) atoms. The molecule has 0 amide bonds. The highest BCUT2D eigenvalue weighted by Gasteiger charge is 2.20. The van der Waals surface area contributed by atoms with E-state index in [9.17, 15) is 0 Å². The van der Waals surface area contributed by atoms with Crippen molar-refractivity contribution in [2.24, 2.45) is 0 Å². The number of rotatable bonds is 3. The minimum absolute atomic E-state index is 0.0424. The van der Waals surface area contributed by atoms with E-state index >= 15 is 0 Å². The van der Waals surface area contributed by atoms with Gasteiger partial charge in [0.1, 0.15) is 5.82 Å². The summed E-state index contributed by atoms with van der Waals surface area (Å²) in [6, 6.07) is 0. The van der Waals surface area contributed by atoms with Gasteiger partial charge in [-0.25, -0.2) is 4.98 Å². The van der Waals surface area contributed by atoms with E-state index in [-0.39, 0.29) is 5.54 Å². The highest BCUT2D eigenvalue weighted by atomic mass is 15.3. The lowest BCUT2D eigenvalue weighted by Crippen LogP contribution is -2.46. The molecule has 0 aromatic carbocycles. The van der Waals surface area contributed by atoms with E-state index in [0.29, 0.717) is 0 Å². The summed E-state index contributed by atoms with van der Waals surface area (Å²) >= 11 is 0. The number of hydrogen-bond donors (Lipinski definition) is 0. The van der Waals surface area contributed by atoms with E-state index in [1.807, 2.05) is 24.0 Å². The van der Waals surface area contributed by atoms with E-state index in [4.69, 9.17) is 0 Å². The van der Waals surface area contributed by atoms with Crippen LogP contribution in [0.4, 0.5) is 5.82 Å². The first kappa shape index (κ1) is 15.9. The summed E-state index contributed by atoms with van der Waals surface area (Å²) in [6.07, 6.45) is 7.81. The molecule has 0 aliphatic carbocycles. The Morgan fingerprint density at radius 1 is 1.04 bits per heavy atom. The second-order valence-corrected chi connectivity index (χ2v) is 7.25. The van der Waals surface area contributed by atoms with Gasteiger partial charge in [0.15, 0.2) is 0 Å². The van der Waals surface area contributed by atoms with Crippen molar-refractivity contribution in [2.45, 2.75) is 39.8 Å². The molecule has 0 spiro atoms. The lowest BCUT2D eigenvalue weighted by Gasteiger charge is -2.35. The van der Waals surface area contributed by atoms with Crippen molar-refractivity contribution < 1.29 is 0 Å². The zero-order chi connectivity index (χ0) is 16.4. The minimum Gasteiger partial charge on any atom is -0.353 e. The zero-order valence-corrected chi connectivity index (χ0v) is 14.5. The molecular formula is C17H26N6. The molecule has 0 bridgehead atoms. The van der Waals surface area contributed by atoms with E-state index in [1.165, 1.54) is 5.56 Å². The third kappa shape index (κ3) is 3.88. The van der Waals surface area contributed by atoms with Crippen molar-refractivity contribution in [3.63, 3.8) is 0 Å². The quantitative estimate of drug-likeness (QED) is 0.868. The summed E-state index contributed by atoms with van der Waals surface area (Å²) in [5.41, 5.74) is 2.30. The van der Waals surface area contributed by atoms with Gasteiger partial charge in [0.2, 0.25) is 0 Å². The highest BCUT2D eigenvalue weighted by molar-refractivity contribution is 5.36. The smallest absolute Gasteiger partial charge is 0.147 e. The summed E-state index contributed by atoms with van der Waals surface area (Å²) in [7, 11) is 0. The fourth-order valence-electron chi connectivity index (χ4n) is 2.80. The molecule has 1 aliphatic heterocycles. The molecule has 0 N–H and O–H groups in total. The third-order valence-corrected chi connectivity index (χ3v) is 4.17. The van der Waals surface area contributed by atoms with Crippen LogP contribution < -0.4 is 4.90 Å². The van der Waals surface area contributed by atoms with E-state index < -0.39 is 0 Å². The van der Waals surface area contributed by atoms with Gasteiger partial charge in [-0.1, -0.05) is 0 Å². The summed E-state index contributed by atoms with van der Waals surface area (Å²) in [5.74, 6) is 0.991. The largest absolute Gasteiger partial charge is 0.353 e. The molecule has 0 atom stereocenters. The molecule has 3 rings (SSSR count). The number of nitrogens with zero attached hydrogens (tertiary/aromatic N) is 6. The van der Waals surface area contributed by atoms with Gasteiger partial charge in [-0.05, 0) is 27.7 Å². The van der Waals surface area contributed by atoms with Gasteiger partial charge < -0.3 is 4.90 Å². The number of anilines is 1. The fraction of sp³-hybridized carbons (Fsp3) is 0.588. The second kappa shape index (κ2) is 6.28. The summed E-state index contributed by atoms with van der Waals surface area (Å²) in [5, 5.41) is 4.49. The first-order valence-corrected chi connectivity index (χ1v) is 8.22. The molecule has 1 aliphatic rings. The number of aromatic nitrogens is 4. The van der Waals surface area contributed by atoms with Crippen molar-refractivity contribution in [2.75, 3.05) is 31.1 Å². The Morgan fingerprint density at radius 3 is 2.39 bits per heavy atom. The van der Waals surface area contributed by atoms with Gasteiger partial charge in [0.25, 0.3) is 0 Å². The van der Waals surface area contributed by atoms with Gasteiger partial charge in [-0.3, -0.25) is 14.6 Å². The Balaban J connectivity index is 1.56. The molecular weight excluding hydrogens is 288 g/mol. The van der Waals surface area contributed by atoms with E-state index in [1.54, 1.807) is 6.20 Å². The Hall–Kier alpha value is -1.95. The van der Waals surface area contributed by atoms with Crippen molar-refractivity contribution in [1.29, 1.82) is 0 Å². The van der Waals surface area contributed by atoms with Crippen LogP contribution in [0.2, 0.25) is 0 Å². The molecule has 0 radical (unpaired) electrons. The van der Waals surface area contributed by atoms with Crippen molar-refractivity contribution >= 4 is 5.82 Å². The average molecular weight is 314 g/mol. The van der Waals surface area contributed by atoms with Crippen molar-refractivity contribution in [3.8, 4) is 0 Å². The van der Waals surface area contributed by atoms with Crippen LogP contribution in [0.1, 0.15) is 32.0 Å². The lowest BCUT2D eigenvalue weighted by molar-refractivity contribution is 0.249. The maximum absolute atomic E-state index is 4.57. The van der Waals surface area contributed by atoms with Gasteiger partial charge in [0, 0.05) is 50.7 Å². The van der Waals surface area contributed by atoms with Crippen molar-refractivity contribution in [1.82, 2.24) is 24.6 Å². The third-order valence-electron chi connectivity index (χ3n) is 4.17. The molecule has 2 aromatic rings. The molecule has 124 valence electrons. The average Bonchev–Trinajstić information content (AvgIpc) is 2.97. The monoisotopic (exact) mass is 314 g/mol. The summed E-state index contributed by atoms with van der Waals surface area (Å²) in [6.45, 7) is 13.5. The van der Waals surface area contributed by atoms with Gasteiger partial charge in [-0.15, -0.1) is 0 Å². The standard InChI is InChI=1S/C17H26N6/c1-14-9-18-11-16(20-14)22-7-5-21(6-8-22)12-15-10-19-23(13-15)17(2,3)4/h9-11,13H,5-8,12H2,1-4H3. The molecule has 6 heteroatoms. The van der Waals surface area contributed by atoms with Gasteiger partial charge >= 0.3 is 0 Å². The zero-order valence-electron chi connectivity index (χ0n) is 14.5. The van der Waals surface area contributed by atoms with Crippen LogP contribution in [-0.2, 0) is 12.1 Å². The molecule has 1 saturated heterocycles. The predicted octanol–water partition coefficient (Wildman–Crippen LogP) is 2.06. The Morgan fingerprint density at radius 2 is 1.78 bits per heavy atom. The Bertz CT molecular complexity index is 649. The SMILES string of the molecule is Cc1cncc(N2CCN(Cc3cnn(C(C)(C)C)c3)CC2)n1. The van der Waals surface area contributed by atoms with Gasteiger partial charge in [0.05, 0.1) is 23.6 Å². The number of aryl methyl sites for hydroxylation is 1. The maximum atomic E-state index is 4.57. The number of hydrogen-bond acceptors (Lipinski definition) is 5. The van der Waals surface area contributed by atoms with Crippen LogP contribution in [-0.4, -0.2) is 50.8 Å². The van der Waals surface area contributed by atoms with Crippen molar-refractivity contribution in [3.05, 3.63) is 36.0 Å². The molecule has 1 fully saturated rings. The maximum Gasteiger partial charge on any atom is 0.147 e. The Labute approximate surface area is 138 Å². The fourth-order valence-corrected chi connectivity index (χ4v) is 2.80. The van der Waals surface area contributed by atoms with Crippen LogP contribution in [0.5, 0.6) is 0 Å². The van der Waals surface area contributed by atoms with E-state index in [2.05, 4.69) is 51.8 Å². The lowest BCUT2D eigenvalue weighted by atomic mass is 10.1. The van der Waals surface area contributed by atoms with Crippen LogP contribution in [0.25, 0.3) is 0 Å². The molecule has 2 aromatic heterocycles. The summed E-state index contributed by atoms with van der Waals surface area (Å²) < 4.78 is 2.04. The minimum atomic E-state index is 0.0424. The van der Waals surface area contributed by atoms with Crippen LogP contribution in [0.3, 0.4) is 0 Å². The first-order valence-electron chi connectivity index (χ1n) is 8.22. The van der Waals surface area contributed by atoms with Crippen LogP contribution >= 0.6 is 0 Å². The van der Waals surface area contributed by atoms with E-state index in [0.717, 1.165) is 44.2 Å². The molecule has 6 nitrogen and oxygen atoms in total. The van der Waals surface area contributed by atoms with Crippen LogP contribution in [0.15, 0.2) is 24.8 Å². The molecule has 3 heterocycles. The first-order chi connectivity index (χ1) is 10.9. The second-order valence-electron chi connectivity index (χ2n) is 7.25. The topological polar surface area (TPSA) is 50.1 Å². The molecule has 0 unspecified atom stereocenters. The Kier molecular flexibility index (Phi) is 4.35. The number of piperazine rings is 1. The normalized spacial score (nSPS) is 16.8. The van der Waals surface area contributed by atoms with Gasteiger partial charge in [-0.2, -0.15) is 5.10 Å².